The number of nitrogens with zero attached hydrogens (tertiary/aromatic N) is 2. The Hall–Kier alpha value is -2.37. The van der Waals surface area contributed by atoms with Crippen molar-refractivity contribution in [1.29, 1.82) is 0 Å². The molecule has 6 heteroatoms. The van der Waals surface area contributed by atoms with E-state index in [0.29, 0.717) is 18.2 Å². The van der Waals surface area contributed by atoms with Gasteiger partial charge in [0.2, 0.25) is 5.89 Å². The molecular weight excluding hydrogens is 304 g/mol. The van der Waals surface area contributed by atoms with E-state index >= 15 is 0 Å². The van der Waals surface area contributed by atoms with Gasteiger partial charge in [0, 0.05) is 17.6 Å². The number of carbonyl (C=O) groups excluding carboxylic acids is 1. The van der Waals surface area contributed by atoms with Gasteiger partial charge in [-0.05, 0) is 37.3 Å². The van der Waals surface area contributed by atoms with Gasteiger partial charge in [0.15, 0.2) is 5.82 Å². The number of carbonyl (C=O) groups is 1. The predicted octanol–water partition coefficient (Wildman–Crippen LogP) is 3.85. The minimum Gasteiger partial charge on any atom is -0.339 e. The molecule has 1 fully saturated rings. The third kappa shape index (κ3) is 4.13. The molecule has 2 N–H and O–H groups in total. The number of benzene rings is 1. The molecule has 1 aromatic heterocycles. The second kappa shape index (κ2) is 7.47. The van der Waals surface area contributed by atoms with Crippen LogP contribution in [0.1, 0.15) is 62.7 Å². The maximum Gasteiger partial charge on any atom is 0.319 e. The zero-order chi connectivity index (χ0) is 16.9. The molecule has 0 radical (unpaired) electrons. The van der Waals surface area contributed by atoms with E-state index in [1.165, 1.54) is 0 Å². The Labute approximate surface area is 142 Å². The number of hydrogen-bond acceptors (Lipinski definition) is 4. The van der Waals surface area contributed by atoms with Gasteiger partial charge in [0.1, 0.15) is 0 Å². The molecule has 6 nitrogen and oxygen atoms in total. The summed E-state index contributed by atoms with van der Waals surface area (Å²) in [6, 6.07) is 7.71. The number of hydrogen-bond donors (Lipinski definition) is 2. The summed E-state index contributed by atoms with van der Waals surface area (Å²) < 4.78 is 5.34. The van der Waals surface area contributed by atoms with Gasteiger partial charge in [0.25, 0.3) is 0 Å². The molecule has 2 amide bonds. The van der Waals surface area contributed by atoms with Crippen LogP contribution < -0.4 is 10.6 Å². The number of urea groups is 1. The summed E-state index contributed by atoms with van der Waals surface area (Å²) in [6.07, 6.45) is 4.64. The van der Waals surface area contributed by atoms with Gasteiger partial charge in [-0.3, -0.25) is 0 Å². The number of para-hydroxylation sites is 1. The normalized spacial score (nSPS) is 14.0. The minimum atomic E-state index is -0.180. The lowest BCUT2D eigenvalue weighted by atomic mass is 10.1. The molecule has 1 aliphatic carbocycles. The summed E-state index contributed by atoms with van der Waals surface area (Å²) >= 11 is 0. The molecule has 24 heavy (non-hydrogen) atoms. The lowest BCUT2D eigenvalue weighted by Gasteiger charge is -2.16. The number of amides is 2. The first kappa shape index (κ1) is 16.5. The standard InChI is InChI=1S/C18H24N4O2/c1-3-14(4-2)19-18(23)20-15-8-6-5-7-13(15)11-16-21-17(22-24-16)12-9-10-12/h5-8,12,14H,3-4,9-11H2,1-2H3,(H2,19,20,23). The molecule has 3 rings (SSSR count). The smallest absolute Gasteiger partial charge is 0.319 e. The Morgan fingerprint density at radius 1 is 1.29 bits per heavy atom. The molecule has 0 spiro atoms. The van der Waals surface area contributed by atoms with Crippen LogP contribution in [0.2, 0.25) is 0 Å². The fourth-order valence-corrected chi connectivity index (χ4v) is 2.64. The molecule has 0 saturated heterocycles. The van der Waals surface area contributed by atoms with Crippen molar-refractivity contribution in [2.45, 2.75) is 57.9 Å². The van der Waals surface area contributed by atoms with E-state index in [9.17, 15) is 4.79 Å². The SMILES string of the molecule is CCC(CC)NC(=O)Nc1ccccc1Cc1nc(C2CC2)no1. The highest BCUT2D eigenvalue weighted by Gasteiger charge is 2.28. The van der Waals surface area contributed by atoms with E-state index in [1.807, 2.05) is 24.3 Å². The number of aromatic nitrogens is 2. The Balaban J connectivity index is 1.66. The van der Waals surface area contributed by atoms with Gasteiger partial charge in [-0.2, -0.15) is 4.98 Å². The van der Waals surface area contributed by atoms with E-state index in [0.717, 1.165) is 42.8 Å². The lowest BCUT2D eigenvalue weighted by molar-refractivity contribution is 0.247. The van der Waals surface area contributed by atoms with Gasteiger partial charge >= 0.3 is 6.03 Å². The fraction of sp³-hybridized carbons (Fsp3) is 0.500. The highest BCUT2D eigenvalue weighted by atomic mass is 16.5. The van der Waals surface area contributed by atoms with Gasteiger partial charge in [-0.15, -0.1) is 0 Å². The minimum absolute atomic E-state index is 0.180. The largest absolute Gasteiger partial charge is 0.339 e. The van der Waals surface area contributed by atoms with Crippen molar-refractivity contribution in [3.8, 4) is 0 Å². The second-order valence-corrected chi connectivity index (χ2v) is 6.27. The fourth-order valence-electron chi connectivity index (χ4n) is 2.64. The molecule has 128 valence electrons. The maximum absolute atomic E-state index is 12.2. The summed E-state index contributed by atoms with van der Waals surface area (Å²) in [5.41, 5.74) is 1.73. The molecule has 1 heterocycles. The van der Waals surface area contributed by atoms with Crippen LogP contribution in [0.5, 0.6) is 0 Å². The van der Waals surface area contributed by atoms with Crippen molar-refractivity contribution >= 4 is 11.7 Å². The third-order valence-corrected chi connectivity index (χ3v) is 4.35. The number of rotatable bonds is 7. The van der Waals surface area contributed by atoms with Crippen molar-refractivity contribution < 1.29 is 9.32 Å². The highest BCUT2D eigenvalue weighted by Crippen LogP contribution is 2.38. The molecule has 0 atom stereocenters. The van der Waals surface area contributed by atoms with Gasteiger partial charge in [-0.1, -0.05) is 37.2 Å². The average Bonchev–Trinajstić information content (AvgIpc) is 3.34. The third-order valence-electron chi connectivity index (χ3n) is 4.35. The van der Waals surface area contributed by atoms with E-state index in [-0.39, 0.29) is 12.1 Å². The zero-order valence-corrected chi connectivity index (χ0v) is 14.2. The lowest BCUT2D eigenvalue weighted by Crippen LogP contribution is -2.37. The molecule has 1 saturated carbocycles. The van der Waals surface area contributed by atoms with E-state index in [4.69, 9.17) is 4.52 Å². The molecule has 2 aromatic rings. The average molecular weight is 328 g/mol. The first-order valence-corrected chi connectivity index (χ1v) is 8.67. The van der Waals surface area contributed by atoms with Crippen LogP contribution >= 0.6 is 0 Å². The van der Waals surface area contributed by atoms with E-state index in [1.54, 1.807) is 0 Å². The van der Waals surface area contributed by atoms with Crippen LogP contribution in [-0.4, -0.2) is 22.2 Å². The Kier molecular flexibility index (Phi) is 5.13. The van der Waals surface area contributed by atoms with Crippen LogP contribution in [-0.2, 0) is 6.42 Å². The van der Waals surface area contributed by atoms with E-state index in [2.05, 4.69) is 34.6 Å². The Morgan fingerprint density at radius 3 is 2.75 bits per heavy atom. The van der Waals surface area contributed by atoms with Crippen LogP contribution in [0, 0.1) is 0 Å². The van der Waals surface area contributed by atoms with Crippen LogP contribution in [0.4, 0.5) is 10.5 Å². The number of nitrogens with one attached hydrogen (secondary N) is 2. The van der Waals surface area contributed by atoms with Gasteiger partial charge in [-0.25, -0.2) is 4.79 Å². The van der Waals surface area contributed by atoms with Crippen molar-refractivity contribution in [1.82, 2.24) is 15.5 Å². The first-order chi connectivity index (χ1) is 11.7. The number of anilines is 1. The van der Waals surface area contributed by atoms with Crippen molar-refractivity contribution in [3.63, 3.8) is 0 Å². The van der Waals surface area contributed by atoms with Crippen molar-refractivity contribution in [3.05, 3.63) is 41.5 Å². The highest BCUT2D eigenvalue weighted by molar-refractivity contribution is 5.90. The Bertz CT molecular complexity index is 690. The van der Waals surface area contributed by atoms with E-state index < -0.39 is 0 Å². The summed E-state index contributed by atoms with van der Waals surface area (Å²) in [5, 5.41) is 9.95. The molecule has 0 aliphatic heterocycles. The second-order valence-electron chi connectivity index (χ2n) is 6.27. The van der Waals surface area contributed by atoms with Gasteiger partial charge in [0.05, 0.1) is 6.42 Å². The summed E-state index contributed by atoms with van der Waals surface area (Å²) in [4.78, 5) is 16.6. The van der Waals surface area contributed by atoms with Crippen LogP contribution in [0.3, 0.4) is 0 Å². The van der Waals surface area contributed by atoms with Crippen molar-refractivity contribution in [2.75, 3.05) is 5.32 Å². The summed E-state index contributed by atoms with van der Waals surface area (Å²) in [5.74, 6) is 1.87. The predicted molar refractivity (Wildman–Crippen MR) is 92.0 cm³/mol. The quantitative estimate of drug-likeness (QED) is 0.809. The maximum atomic E-state index is 12.2. The Morgan fingerprint density at radius 2 is 2.04 bits per heavy atom. The van der Waals surface area contributed by atoms with Gasteiger partial charge < -0.3 is 15.2 Å². The van der Waals surface area contributed by atoms with Crippen LogP contribution in [0.15, 0.2) is 28.8 Å². The first-order valence-electron chi connectivity index (χ1n) is 8.67. The molecular formula is C18H24N4O2. The summed E-state index contributed by atoms with van der Waals surface area (Å²) in [7, 11) is 0. The van der Waals surface area contributed by atoms with Crippen molar-refractivity contribution in [2.24, 2.45) is 0 Å². The topological polar surface area (TPSA) is 80.0 Å². The molecule has 1 aliphatic rings. The van der Waals surface area contributed by atoms with Crippen LogP contribution in [0.25, 0.3) is 0 Å². The zero-order valence-electron chi connectivity index (χ0n) is 14.2. The monoisotopic (exact) mass is 328 g/mol. The summed E-state index contributed by atoms with van der Waals surface area (Å²) in [6.45, 7) is 4.13. The molecule has 0 unspecified atom stereocenters. The molecule has 0 bridgehead atoms. The molecule has 1 aromatic carbocycles.